The third-order valence-corrected chi connectivity index (χ3v) is 4.72. The predicted octanol–water partition coefficient (Wildman–Crippen LogP) is 4.61. The molecule has 12 heavy (non-hydrogen) atoms. The van der Waals surface area contributed by atoms with Gasteiger partial charge in [-0.2, -0.15) is 0 Å². The Morgan fingerprint density at radius 1 is 1.42 bits per heavy atom. The van der Waals surface area contributed by atoms with E-state index in [0.717, 1.165) is 19.1 Å². The lowest BCUT2D eigenvalue weighted by molar-refractivity contribution is 1.69. The van der Waals surface area contributed by atoms with Crippen molar-refractivity contribution in [3.63, 3.8) is 0 Å². The van der Waals surface area contributed by atoms with E-state index in [4.69, 9.17) is 11.6 Å². The number of hydrogen-bond donors (Lipinski definition) is 1. The van der Waals surface area contributed by atoms with Crippen LogP contribution in [0, 0.1) is 0 Å². The highest BCUT2D eigenvalue weighted by atomic mass is 79.9. The molecule has 0 bridgehead atoms. The Morgan fingerprint density at radius 2 is 2.17 bits per heavy atom. The van der Waals surface area contributed by atoms with Crippen molar-refractivity contribution >= 4 is 61.6 Å². The van der Waals surface area contributed by atoms with Gasteiger partial charge < -0.3 is 0 Å². The molecule has 0 fully saturated rings. The third kappa shape index (κ3) is 1.29. The summed E-state index contributed by atoms with van der Waals surface area (Å²) in [4.78, 5) is 0. The number of rotatable bonds is 0. The lowest BCUT2D eigenvalue weighted by atomic mass is 10.3. The molecule has 0 saturated heterocycles. The molecule has 0 spiro atoms. The second-order valence-corrected chi connectivity index (χ2v) is 5.34. The number of benzene rings is 1. The summed E-state index contributed by atoms with van der Waals surface area (Å²) >= 11 is 15.4. The van der Waals surface area contributed by atoms with Crippen molar-refractivity contribution in [1.29, 1.82) is 0 Å². The molecule has 0 aliphatic heterocycles. The van der Waals surface area contributed by atoms with Crippen molar-refractivity contribution in [3.05, 3.63) is 27.7 Å². The molecule has 0 aliphatic rings. The number of thiophene rings is 1. The highest BCUT2D eigenvalue weighted by molar-refractivity contribution is 9.10. The summed E-state index contributed by atoms with van der Waals surface area (Å²) in [5.74, 6) is 0. The van der Waals surface area contributed by atoms with E-state index in [9.17, 15) is 0 Å². The lowest BCUT2D eigenvalue weighted by Gasteiger charge is -1.92. The Balaban J connectivity index is 2.97. The first-order valence-electron chi connectivity index (χ1n) is 3.25. The van der Waals surface area contributed by atoms with Crippen LogP contribution in [-0.2, 0) is 0 Å². The Morgan fingerprint density at radius 3 is 2.83 bits per heavy atom. The van der Waals surface area contributed by atoms with Gasteiger partial charge in [0.25, 0.3) is 0 Å². The maximum atomic E-state index is 6.02. The predicted molar refractivity (Wildman–Crippen MR) is 61.8 cm³/mol. The van der Waals surface area contributed by atoms with Crippen LogP contribution in [0.1, 0.15) is 0 Å². The van der Waals surface area contributed by atoms with Gasteiger partial charge in [0.05, 0.1) is 13.7 Å². The van der Waals surface area contributed by atoms with E-state index in [1.165, 1.54) is 4.70 Å². The van der Waals surface area contributed by atoms with Crippen LogP contribution in [0.4, 0.5) is 0 Å². The quantitative estimate of drug-likeness (QED) is 0.669. The molecule has 0 atom stereocenters. The van der Waals surface area contributed by atoms with Crippen LogP contribution in [0.3, 0.4) is 0 Å². The standard InChI is InChI=1S/C8H4BrClS2/c9-7-6-4(10)2-1-3-5(6)12-8(7)11/h1-3,11H. The zero-order chi connectivity index (χ0) is 8.72. The largest absolute Gasteiger partial charge is 0.132 e. The van der Waals surface area contributed by atoms with Gasteiger partial charge in [-0.3, -0.25) is 0 Å². The molecule has 2 rings (SSSR count). The fourth-order valence-corrected chi connectivity index (χ4v) is 3.57. The monoisotopic (exact) mass is 278 g/mol. The summed E-state index contributed by atoms with van der Waals surface area (Å²) in [6, 6.07) is 5.87. The lowest BCUT2D eigenvalue weighted by Crippen LogP contribution is -1.66. The van der Waals surface area contributed by atoms with Gasteiger partial charge in [0.15, 0.2) is 0 Å². The van der Waals surface area contributed by atoms with Crippen molar-refractivity contribution in [3.8, 4) is 0 Å². The van der Waals surface area contributed by atoms with Gasteiger partial charge in [-0.25, -0.2) is 0 Å². The Labute approximate surface area is 93.1 Å². The zero-order valence-electron chi connectivity index (χ0n) is 5.84. The SMILES string of the molecule is Sc1sc2cccc(Cl)c2c1Br. The second-order valence-electron chi connectivity index (χ2n) is 2.33. The minimum atomic E-state index is 0.774. The van der Waals surface area contributed by atoms with Crippen LogP contribution in [0.2, 0.25) is 5.02 Å². The molecule has 0 saturated carbocycles. The molecule has 1 aromatic heterocycles. The minimum Gasteiger partial charge on any atom is -0.132 e. The number of halogens is 2. The average Bonchev–Trinajstić information content (AvgIpc) is 2.29. The maximum absolute atomic E-state index is 6.02. The fourth-order valence-electron chi connectivity index (χ4n) is 1.06. The topological polar surface area (TPSA) is 0 Å². The number of thiol groups is 1. The first kappa shape index (κ1) is 8.88. The molecule has 0 nitrogen and oxygen atoms in total. The molecule has 2 aromatic rings. The summed E-state index contributed by atoms with van der Waals surface area (Å²) in [6.45, 7) is 0. The van der Waals surface area contributed by atoms with Crippen molar-refractivity contribution in [1.82, 2.24) is 0 Å². The van der Waals surface area contributed by atoms with Crippen molar-refractivity contribution in [2.45, 2.75) is 4.21 Å². The number of hydrogen-bond acceptors (Lipinski definition) is 2. The van der Waals surface area contributed by atoms with E-state index in [0.29, 0.717) is 0 Å². The van der Waals surface area contributed by atoms with Gasteiger partial charge in [-0.15, -0.1) is 24.0 Å². The molecule has 0 N–H and O–H groups in total. The molecule has 1 aromatic carbocycles. The van der Waals surface area contributed by atoms with E-state index >= 15 is 0 Å². The average molecular weight is 280 g/mol. The summed E-state index contributed by atoms with van der Waals surface area (Å²) in [5.41, 5.74) is 0. The summed E-state index contributed by atoms with van der Waals surface area (Å²) in [7, 11) is 0. The maximum Gasteiger partial charge on any atom is 0.0723 e. The Kier molecular flexibility index (Phi) is 2.38. The molecule has 4 heteroatoms. The van der Waals surface area contributed by atoms with Crippen LogP contribution >= 0.6 is 51.5 Å². The first-order chi connectivity index (χ1) is 5.70. The number of fused-ring (bicyclic) bond motifs is 1. The molecular weight excluding hydrogens is 276 g/mol. The summed E-state index contributed by atoms with van der Waals surface area (Å²) in [5, 5.41) is 1.84. The van der Waals surface area contributed by atoms with Crippen LogP contribution in [0.5, 0.6) is 0 Å². The van der Waals surface area contributed by atoms with E-state index in [2.05, 4.69) is 28.6 Å². The molecule has 0 unspecified atom stereocenters. The Bertz CT molecular complexity index is 436. The summed E-state index contributed by atoms with van der Waals surface area (Å²) < 4.78 is 3.13. The third-order valence-electron chi connectivity index (χ3n) is 1.59. The highest BCUT2D eigenvalue weighted by Crippen LogP contribution is 2.41. The van der Waals surface area contributed by atoms with Crippen LogP contribution in [-0.4, -0.2) is 0 Å². The summed E-state index contributed by atoms with van der Waals surface area (Å²) in [6.07, 6.45) is 0. The van der Waals surface area contributed by atoms with Gasteiger partial charge in [0, 0.05) is 10.1 Å². The van der Waals surface area contributed by atoms with Gasteiger partial charge in [-0.1, -0.05) is 17.7 Å². The van der Waals surface area contributed by atoms with E-state index in [1.54, 1.807) is 11.3 Å². The van der Waals surface area contributed by atoms with Crippen molar-refractivity contribution in [2.24, 2.45) is 0 Å². The van der Waals surface area contributed by atoms with E-state index in [-0.39, 0.29) is 0 Å². The van der Waals surface area contributed by atoms with Crippen molar-refractivity contribution in [2.75, 3.05) is 0 Å². The normalized spacial score (nSPS) is 10.9. The molecule has 0 radical (unpaired) electrons. The van der Waals surface area contributed by atoms with Crippen LogP contribution in [0.25, 0.3) is 10.1 Å². The molecule has 62 valence electrons. The second kappa shape index (κ2) is 3.22. The highest BCUT2D eigenvalue weighted by Gasteiger charge is 2.08. The molecule has 0 aliphatic carbocycles. The smallest absolute Gasteiger partial charge is 0.0723 e. The fraction of sp³-hybridized carbons (Fsp3) is 0. The van der Waals surface area contributed by atoms with E-state index < -0.39 is 0 Å². The molecule has 1 heterocycles. The minimum absolute atomic E-state index is 0.774. The van der Waals surface area contributed by atoms with Gasteiger partial charge in [-0.05, 0) is 28.1 Å². The van der Waals surface area contributed by atoms with Gasteiger partial charge >= 0.3 is 0 Å². The first-order valence-corrected chi connectivity index (χ1v) is 5.69. The van der Waals surface area contributed by atoms with Crippen LogP contribution in [0.15, 0.2) is 26.9 Å². The van der Waals surface area contributed by atoms with Gasteiger partial charge in [0.2, 0.25) is 0 Å². The van der Waals surface area contributed by atoms with E-state index in [1.807, 2.05) is 18.2 Å². The zero-order valence-corrected chi connectivity index (χ0v) is 9.90. The Hall–Kier alpha value is 0.300. The molecule has 0 amide bonds. The van der Waals surface area contributed by atoms with Crippen molar-refractivity contribution < 1.29 is 0 Å². The van der Waals surface area contributed by atoms with Crippen LogP contribution < -0.4 is 0 Å². The van der Waals surface area contributed by atoms with Gasteiger partial charge in [0.1, 0.15) is 0 Å². The molecular formula is C8H4BrClS2.